The first-order valence-electron chi connectivity index (χ1n) is 11.4. The molecule has 1 aliphatic rings. The van der Waals surface area contributed by atoms with Gasteiger partial charge < -0.3 is 15.1 Å². The van der Waals surface area contributed by atoms with Crippen LogP contribution in [0.15, 0.2) is 72.8 Å². The molecule has 176 valence electrons. The Hall–Kier alpha value is -3.02. The number of fused-ring (bicyclic) bond motifs is 1. The summed E-state index contributed by atoms with van der Waals surface area (Å²) in [6, 6.07) is 22.4. The highest BCUT2D eigenvalue weighted by Gasteiger charge is 2.34. The molecule has 3 aromatic rings. The molecule has 0 spiro atoms. The third-order valence-corrected chi connectivity index (χ3v) is 6.47. The second kappa shape index (κ2) is 10.9. The number of carbonyl (C=O) groups excluding carboxylic acids is 2. The second-order valence-corrected chi connectivity index (χ2v) is 9.12. The maximum Gasteiger partial charge on any atom is 0.251 e. The van der Waals surface area contributed by atoms with Crippen LogP contribution in [0.1, 0.15) is 25.3 Å². The van der Waals surface area contributed by atoms with Crippen molar-refractivity contribution in [1.29, 1.82) is 0 Å². The third-order valence-electron chi connectivity index (χ3n) is 5.88. The van der Waals surface area contributed by atoms with Crippen LogP contribution >= 0.6 is 23.2 Å². The number of halogens is 2. The summed E-state index contributed by atoms with van der Waals surface area (Å²) in [5.74, 6) is -0.301. The van der Waals surface area contributed by atoms with E-state index >= 15 is 0 Å². The Kier molecular flexibility index (Phi) is 7.76. The van der Waals surface area contributed by atoms with Gasteiger partial charge >= 0.3 is 0 Å². The predicted molar refractivity (Wildman–Crippen MR) is 139 cm³/mol. The summed E-state index contributed by atoms with van der Waals surface area (Å²) in [7, 11) is 0. The SMILES string of the molecule is CCCN1C(=O)C(NC(=O)CCc2ccc(Cl)cc2Cl)CN(c2ccccc2)c2ccccc21. The van der Waals surface area contributed by atoms with Gasteiger partial charge in [-0.1, -0.05) is 66.5 Å². The van der Waals surface area contributed by atoms with E-state index in [1.165, 1.54) is 0 Å². The molecular weight excluding hydrogens is 469 g/mol. The molecular formula is C27H27Cl2N3O2. The number of nitrogens with one attached hydrogen (secondary N) is 1. The van der Waals surface area contributed by atoms with Crippen LogP contribution in [0.3, 0.4) is 0 Å². The molecule has 0 bridgehead atoms. The fraction of sp³-hybridized carbons (Fsp3) is 0.259. The Bertz CT molecular complexity index is 1170. The van der Waals surface area contributed by atoms with Crippen LogP contribution in [-0.2, 0) is 16.0 Å². The molecule has 1 unspecified atom stereocenters. The Morgan fingerprint density at radius 2 is 1.71 bits per heavy atom. The number of aryl methyl sites for hydroxylation is 1. The minimum atomic E-state index is -0.688. The van der Waals surface area contributed by atoms with Crippen molar-refractivity contribution < 1.29 is 9.59 Å². The number of hydrogen-bond donors (Lipinski definition) is 1. The van der Waals surface area contributed by atoms with Gasteiger partial charge in [-0.15, -0.1) is 0 Å². The highest BCUT2D eigenvalue weighted by Crippen LogP contribution is 2.37. The molecule has 1 atom stereocenters. The molecule has 3 aromatic carbocycles. The van der Waals surface area contributed by atoms with Crippen LogP contribution in [0.5, 0.6) is 0 Å². The van der Waals surface area contributed by atoms with E-state index < -0.39 is 6.04 Å². The largest absolute Gasteiger partial charge is 0.343 e. The standard InChI is InChI=1S/C27H27Cl2N3O2/c1-2-16-31-24-10-6-7-11-25(24)32(21-8-4-3-5-9-21)18-23(27(31)34)30-26(33)15-13-19-12-14-20(28)17-22(19)29/h3-12,14,17,23H,2,13,15-16,18H2,1H3,(H,30,33). The molecule has 5 nitrogen and oxygen atoms in total. The van der Waals surface area contributed by atoms with E-state index in [0.29, 0.717) is 29.6 Å². The van der Waals surface area contributed by atoms with Crippen molar-refractivity contribution in [2.75, 3.05) is 22.9 Å². The van der Waals surface area contributed by atoms with Crippen molar-refractivity contribution in [2.24, 2.45) is 0 Å². The summed E-state index contributed by atoms with van der Waals surface area (Å²) in [4.78, 5) is 30.4. The first kappa shape index (κ1) is 24.1. The van der Waals surface area contributed by atoms with Crippen LogP contribution < -0.4 is 15.1 Å². The van der Waals surface area contributed by atoms with Crippen LogP contribution in [0.4, 0.5) is 17.1 Å². The summed E-state index contributed by atoms with van der Waals surface area (Å²) in [5.41, 5.74) is 3.61. The summed E-state index contributed by atoms with van der Waals surface area (Å²) >= 11 is 12.2. The van der Waals surface area contributed by atoms with Gasteiger partial charge in [0.1, 0.15) is 6.04 Å². The van der Waals surface area contributed by atoms with E-state index in [9.17, 15) is 9.59 Å². The number of rotatable bonds is 7. The lowest BCUT2D eigenvalue weighted by Gasteiger charge is -2.27. The van der Waals surface area contributed by atoms with Crippen LogP contribution in [0.25, 0.3) is 0 Å². The van der Waals surface area contributed by atoms with Gasteiger partial charge in [0.15, 0.2) is 0 Å². The van der Waals surface area contributed by atoms with E-state index in [1.807, 2.05) is 67.6 Å². The number of hydrogen-bond acceptors (Lipinski definition) is 3. The summed E-state index contributed by atoms with van der Waals surface area (Å²) in [6.07, 6.45) is 1.49. The lowest BCUT2D eigenvalue weighted by Crippen LogP contribution is -2.51. The fourth-order valence-corrected chi connectivity index (χ4v) is 4.74. The average Bonchev–Trinajstić information content (AvgIpc) is 2.95. The smallest absolute Gasteiger partial charge is 0.251 e. The van der Waals surface area contributed by atoms with Gasteiger partial charge in [-0.2, -0.15) is 0 Å². The molecule has 4 rings (SSSR count). The Balaban J connectivity index is 1.59. The minimum absolute atomic E-state index is 0.106. The van der Waals surface area contributed by atoms with Crippen molar-refractivity contribution in [1.82, 2.24) is 5.32 Å². The van der Waals surface area contributed by atoms with Crippen LogP contribution in [0.2, 0.25) is 10.0 Å². The summed E-state index contributed by atoms with van der Waals surface area (Å²) in [6.45, 7) is 2.96. The van der Waals surface area contributed by atoms with Crippen molar-refractivity contribution in [3.63, 3.8) is 0 Å². The second-order valence-electron chi connectivity index (χ2n) is 8.28. The average molecular weight is 496 g/mol. The molecule has 0 aromatic heterocycles. The van der Waals surface area contributed by atoms with E-state index in [1.54, 1.807) is 17.0 Å². The van der Waals surface area contributed by atoms with E-state index in [0.717, 1.165) is 29.0 Å². The number of carbonyl (C=O) groups is 2. The van der Waals surface area contributed by atoms with Crippen molar-refractivity contribution in [3.05, 3.63) is 88.4 Å². The summed E-state index contributed by atoms with van der Waals surface area (Å²) in [5, 5.41) is 4.08. The summed E-state index contributed by atoms with van der Waals surface area (Å²) < 4.78 is 0. The predicted octanol–water partition coefficient (Wildman–Crippen LogP) is 6.01. The third kappa shape index (κ3) is 5.37. The molecule has 1 aliphatic heterocycles. The molecule has 2 amide bonds. The van der Waals surface area contributed by atoms with Gasteiger partial charge in [-0.3, -0.25) is 9.59 Å². The lowest BCUT2D eigenvalue weighted by atomic mass is 10.1. The Morgan fingerprint density at radius 3 is 2.41 bits per heavy atom. The quantitative estimate of drug-likeness (QED) is 0.436. The fourth-order valence-electron chi connectivity index (χ4n) is 4.24. The molecule has 0 saturated carbocycles. The van der Waals surface area contributed by atoms with Gasteiger partial charge in [0.05, 0.1) is 17.9 Å². The van der Waals surface area contributed by atoms with Crippen LogP contribution in [-0.4, -0.2) is 30.9 Å². The first-order valence-corrected chi connectivity index (χ1v) is 12.2. The monoisotopic (exact) mass is 495 g/mol. The molecule has 0 radical (unpaired) electrons. The number of para-hydroxylation sites is 3. The number of nitrogens with zero attached hydrogens (tertiary/aromatic N) is 2. The van der Waals surface area contributed by atoms with Gasteiger partial charge in [-0.05, 0) is 54.8 Å². The minimum Gasteiger partial charge on any atom is -0.343 e. The van der Waals surface area contributed by atoms with Gasteiger partial charge in [0.2, 0.25) is 5.91 Å². The zero-order chi connectivity index (χ0) is 24.1. The number of benzene rings is 3. The zero-order valence-corrected chi connectivity index (χ0v) is 20.5. The first-order chi connectivity index (χ1) is 16.5. The normalized spacial score (nSPS) is 15.6. The molecule has 0 fully saturated rings. The van der Waals surface area contributed by atoms with Gasteiger partial charge in [0, 0.05) is 28.7 Å². The Morgan fingerprint density at radius 1 is 1.00 bits per heavy atom. The topological polar surface area (TPSA) is 52.7 Å². The molecule has 0 aliphatic carbocycles. The maximum atomic E-state index is 13.6. The van der Waals surface area contributed by atoms with Crippen molar-refractivity contribution >= 4 is 52.1 Å². The molecule has 34 heavy (non-hydrogen) atoms. The molecule has 1 heterocycles. The molecule has 0 saturated heterocycles. The lowest BCUT2D eigenvalue weighted by molar-refractivity contribution is -0.127. The zero-order valence-electron chi connectivity index (χ0n) is 19.0. The van der Waals surface area contributed by atoms with Crippen molar-refractivity contribution in [3.8, 4) is 0 Å². The van der Waals surface area contributed by atoms with E-state index in [2.05, 4.69) is 10.2 Å². The van der Waals surface area contributed by atoms with E-state index in [-0.39, 0.29) is 18.2 Å². The van der Waals surface area contributed by atoms with Crippen LogP contribution in [0, 0.1) is 0 Å². The highest BCUT2D eigenvalue weighted by atomic mass is 35.5. The van der Waals surface area contributed by atoms with Gasteiger partial charge in [-0.25, -0.2) is 0 Å². The number of anilines is 3. The maximum absolute atomic E-state index is 13.6. The Labute approximate surface area is 210 Å². The highest BCUT2D eigenvalue weighted by molar-refractivity contribution is 6.35. The molecule has 7 heteroatoms. The van der Waals surface area contributed by atoms with Crippen molar-refractivity contribution in [2.45, 2.75) is 32.2 Å². The van der Waals surface area contributed by atoms with E-state index in [4.69, 9.17) is 23.2 Å². The number of amides is 2. The molecule has 1 N–H and O–H groups in total. The van der Waals surface area contributed by atoms with Gasteiger partial charge in [0.25, 0.3) is 5.91 Å².